The highest BCUT2D eigenvalue weighted by Crippen LogP contribution is 2.51. The maximum absolute atomic E-state index is 3.63. The number of hydrogen-bond donors (Lipinski definition) is 0. The third-order valence-electron chi connectivity index (χ3n) is 2.44. The molecule has 2 aromatic carbocycles. The van der Waals surface area contributed by atoms with Crippen LogP contribution in [0.4, 0.5) is 11.4 Å². The van der Waals surface area contributed by atoms with Crippen molar-refractivity contribution < 1.29 is 0 Å². The van der Waals surface area contributed by atoms with Crippen LogP contribution in [-0.4, -0.2) is 0 Å². The minimum atomic E-state index is 1.10. The predicted molar refractivity (Wildman–Crippen MR) is 75.8 cm³/mol. The van der Waals surface area contributed by atoms with Gasteiger partial charge >= 0.3 is 0 Å². The van der Waals surface area contributed by atoms with Crippen LogP contribution in [0.2, 0.25) is 0 Å². The van der Waals surface area contributed by atoms with Crippen molar-refractivity contribution in [2.75, 3.05) is 3.93 Å². The third-order valence-corrected chi connectivity index (χ3v) is 4.93. The topological polar surface area (TPSA) is 3.24 Å². The van der Waals surface area contributed by atoms with Crippen LogP contribution >= 0.6 is 43.8 Å². The van der Waals surface area contributed by atoms with Crippen molar-refractivity contribution >= 4 is 55.2 Å². The smallest absolute Gasteiger partial charge is 0.0807 e. The maximum atomic E-state index is 3.63. The molecule has 0 saturated heterocycles. The number of para-hydroxylation sites is 2. The molecule has 0 bridgehead atoms. The number of rotatable bonds is 0. The first-order chi connectivity index (χ1) is 7.77. The molecule has 0 amide bonds. The average molecular weight is 357 g/mol. The van der Waals surface area contributed by atoms with Gasteiger partial charge in [-0.3, -0.25) is 3.93 Å². The lowest BCUT2D eigenvalue weighted by Gasteiger charge is -2.27. The van der Waals surface area contributed by atoms with E-state index in [4.69, 9.17) is 0 Å². The molecule has 16 heavy (non-hydrogen) atoms. The van der Waals surface area contributed by atoms with Gasteiger partial charge in [-0.1, -0.05) is 30.0 Å². The molecule has 0 unspecified atom stereocenters. The first kappa shape index (κ1) is 10.7. The Morgan fingerprint density at radius 1 is 0.938 bits per heavy atom. The van der Waals surface area contributed by atoms with E-state index < -0.39 is 0 Å². The second-order valence-corrected chi connectivity index (χ2v) is 6.08. The Morgan fingerprint density at radius 3 is 2.56 bits per heavy atom. The van der Waals surface area contributed by atoms with Gasteiger partial charge in [-0.25, -0.2) is 0 Å². The van der Waals surface area contributed by atoms with Crippen LogP contribution in [0.1, 0.15) is 0 Å². The molecule has 0 saturated carbocycles. The van der Waals surface area contributed by atoms with Crippen molar-refractivity contribution in [3.8, 4) is 0 Å². The molecule has 0 fully saturated rings. The van der Waals surface area contributed by atoms with Crippen LogP contribution in [0.3, 0.4) is 0 Å². The van der Waals surface area contributed by atoms with Gasteiger partial charge in [0.1, 0.15) is 0 Å². The van der Waals surface area contributed by atoms with E-state index in [9.17, 15) is 0 Å². The Morgan fingerprint density at radius 2 is 1.69 bits per heavy atom. The molecule has 1 aliphatic rings. The van der Waals surface area contributed by atoms with E-state index in [1.54, 1.807) is 11.8 Å². The van der Waals surface area contributed by atoms with Crippen molar-refractivity contribution in [2.24, 2.45) is 0 Å². The molecule has 0 spiro atoms. The van der Waals surface area contributed by atoms with Crippen LogP contribution in [-0.2, 0) is 0 Å². The summed E-state index contributed by atoms with van der Waals surface area (Å²) in [4.78, 5) is 2.52. The van der Waals surface area contributed by atoms with Crippen molar-refractivity contribution in [1.82, 2.24) is 0 Å². The zero-order valence-corrected chi connectivity index (χ0v) is 12.1. The van der Waals surface area contributed by atoms with Crippen LogP contribution in [0, 0.1) is 0 Å². The Bertz CT molecular complexity index is 556. The molecule has 1 aliphatic heterocycles. The van der Waals surface area contributed by atoms with Crippen molar-refractivity contribution in [2.45, 2.75) is 9.79 Å². The first-order valence-electron chi connectivity index (χ1n) is 4.78. The van der Waals surface area contributed by atoms with Crippen molar-refractivity contribution in [1.29, 1.82) is 0 Å². The van der Waals surface area contributed by atoms with Crippen LogP contribution < -0.4 is 3.93 Å². The molecule has 1 nitrogen and oxygen atoms in total. The molecule has 4 heteroatoms. The number of anilines is 2. The SMILES string of the molecule is Brc1cccc2c1N(Br)c1ccccc1S2. The molecule has 0 aromatic heterocycles. The van der Waals surface area contributed by atoms with Crippen molar-refractivity contribution in [3.63, 3.8) is 0 Å². The number of halogens is 2. The summed E-state index contributed by atoms with van der Waals surface area (Å²) >= 11 is 9.01. The fraction of sp³-hybridized carbons (Fsp3) is 0. The van der Waals surface area contributed by atoms with E-state index >= 15 is 0 Å². The van der Waals surface area contributed by atoms with E-state index in [2.05, 4.69) is 78.5 Å². The minimum Gasteiger partial charge on any atom is -0.274 e. The maximum Gasteiger partial charge on any atom is 0.0807 e. The van der Waals surface area contributed by atoms with E-state index in [0.717, 1.165) is 4.47 Å². The Hall–Kier alpha value is -0.450. The van der Waals surface area contributed by atoms with Crippen LogP contribution in [0.15, 0.2) is 56.7 Å². The Balaban J connectivity index is 2.23. The normalized spacial score (nSPS) is 13.2. The van der Waals surface area contributed by atoms with E-state index in [1.807, 2.05) is 0 Å². The second kappa shape index (κ2) is 4.09. The van der Waals surface area contributed by atoms with Gasteiger partial charge in [0, 0.05) is 14.3 Å². The van der Waals surface area contributed by atoms with Gasteiger partial charge in [0.15, 0.2) is 0 Å². The van der Waals surface area contributed by atoms with E-state index in [0.29, 0.717) is 0 Å². The number of nitrogens with zero attached hydrogens (tertiary/aromatic N) is 1. The monoisotopic (exact) mass is 355 g/mol. The summed E-state index contributed by atoms with van der Waals surface area (Å²) in [6.07, 6.45) is 0. The summed E-state index contributed by atoms with van der Waals surface area (Å²) < 4.78 is 3.15. The van der Waals surface area contributed by atoms with Crippen LogP contribution in [0.5, 0.6) is 0 Å². The van der Waals surface area contributed by atoms with Gasteiger partial charge in [-0.2, -0.15) is 0 Å². The lowest BCUT2D eigenvalue weighted by atomic mass is 10.2. The molecule has 3 rings (SSSR count). The van der Waals surface area contributed by atoms with Gasteiger partial charge in [0.2, 0.25) is 0 Å². The number of hydrogen-bond acceptors (Lipinski definition) is 2. The lowest BCUT2D eigenvalue weighted by molar-refractivity contribution is 1.25. The molecule has 1 heterocycles. The summed E-state index contributed by atoms with van der Waals surface area (Å²) in [5.41, 5.74) is 2.36. The number of benzene rings is 2. The molecule has 0 N–H and O–H groups in total. The molecule has 0 atom stereocenters. The summed E-state index contributed by atoms with van der Waals surface area (Å²) in [6.45, 7) is 0. The molecule has 0 radical (unpaired) electrons. The highest BCUT2D eigenvalue weighted by Gasteiger charge is 2.23. The van der Waals surface area contributed by atoms with Gasteiger partial charge in [0.25, 0.3) is 0 Å². The highest BCUT2D eigenvalue weighted by atomic mass is 79.9. The molecule has 0 aliphatic carbocycles. The second-order valence-electron chi connectivity index (χ2n) is 3.44. The quantitative estimate of drug-likeness (QED) is 0.584. The standard InChI is InChI=1S/C12H7Br2NS/c13-8-4-3-7-11-12(8)15(14)9-5-1-2-6-10(9)16-11/h1-7H. The highest BCUT2D eigenvalue weighted by molar-refractivity contribution is 9.11. The van der Waals surface area contributed by atoms with Gasteiger partial charge < -0.3 is 0 Å². The fourth-order valence-electron chi connectivity index (χ4n) is 1.71. The fourth-order valence-corrected chi connectivity index (χ4v) is 4.64. The predicted octanol–water partition coefficient (Wildman–Crippen LogP) is 5.36. The van der Waals surface area contributed by atoms with E-state index in [1.165, 1.54) is 21.2 Å². The summed E-state index contributed by atoms with van der Waals surface area (Å²) in [5.74, 6) is 0. The van der Waals surface area contributed by atoms with E-state index in [-0.39, 0.29) is 0 Å². The molecular formula is C12H7Br2NS. The van der Waals surface area contributed by atoms with Crippen molar-refractivity contribution in [3.05, 3.63) is 46.9 Å². The zero-order chi connectivity index (χ0) is 11.1. The molecular weight excluding hydrogens is 350 g/mol. The van der Waals surface area contributed by atoms with Gasteiger partial charge in [-0.05, 0) is 40.2 Å². The summed E-state index contributed by atoms with van der Waals surface area (Å²) in [6, 6.07) is 14.6. The summed E-state index contributed by atoms with van der Waals surface area (Å²) in [5, 5.41) is 0. The Kier molecular flexibility index (Phi) is 2.73. The summed E-state index contributed by atoms with van der Waals surface area (Å²) in [7, 11) is 0. The average Bonchev–Trinajstić information content (AvgIpc) is 2.29. The molecule has 80 valence electrons. The van der Waals surface area contributed by atoms with Crippen LogP contribution in [0.25, 0.3) is 0 Å². The molecule has 2 aromatic rings. The zero-order valence-electron chi connectivity index (χ0n) is 8.15. The third kappa shape index (κ3) is 1.60. The van der Waals surface area contributed by atoms with Gasteiger partial charge in [0.05, 0.1) is 27.5 Å². The lowest BCUT2D eigenvalue weighted by Crippen LogP contribution is -2.08. The largest absolute Gasteiger partial charge is 0.274 e. The number of fused-ring (bicyclic) bond motifs is 2. The minimum absolute atomic E-state index is 1.10. The Labute approximate surface area is 115 Å². The first-order valence-corrected chi connectivity index (χ1v) is 7.10. The van der Waals surface area contributed by atoms with Gasteiger partial charge in [-0.15, -0.1) is 0 Å².